The van der Waals surface area contributed by atoms with Crippen LogP contribution in [-0.4, -0.2) is 18.3 Å². The molecule has 76 valence electrons. The van der Waals surface area contributed by atoms with E-state index in [-0.39, 0.29) is 0 Å². The van der Waals surface area contributed by atoms with Crippen molar-refractivity contribution < 1.29 is 0 Å². The Morgan fingerprint density at radius 3 is 2.13 bits per heavy atom. The van der Waals surface area contributed by atoms with Crippen molar-refractivity contribution in [2.45, 2.75) is 11.5 Å². The molecule has 0 aliphatic carbocycles. The second kappa shape index (κ2) is 4.19. The number of aromatic nitrogens is 1. The fraction of sp³-hybridized carbons (Fsp3) is 0.154. The summed E-state index contributed by atoms with van der Waals surface area (Å²) in [5.74, 6) is 4.77. The molecule has 0 amide bonds. The molecule has 0 aliphatic rings. The van der Waals surface area contributed by atoms with Crippen LogP contribution < -0.4 is 8.92 Å². The molecule has 1 aromatic heterocycles. The Hall–Kier alpha value is -1.09. The summed E-state index contributed by atoms with van der Waals surface area (Å²) in [6.07, 6.45) is 1.89. The van der Waals surface area contributed by atoms with Crippen molar-refractivity contribution in [2.75, 3.05) is 0 Å². The van der Waals surface area contributed by atoms with Gasteiger partial charge in [0, 0.05) is 0 Å². The third kappa shape index (κ3) is 2.12. The summed E-state index contributed by atoms with van der Waals surface area (Å²) in [7, 11) is 0. The van der Waals surface area contributed by atoms with Gasteiger partial charge in [-0.3, -0.25) is 0 Å². The number of nitrogens with zero attached hydrogens (tertiary/aromatic N) is 1. The van der Waals surface area contributed by atoms with Crippen LogP contribution in [0.5, 0.6) is 0 Å². The average Bonchev–Trinajstić information content (AvgIpc) is 2.31. The molecule has 0 atom stereocenters. The van der Waals surface area contributed by atoms with Gasteiger partial charge in [-0.1, -0.05) is 0 Å². The first-order valence-corrected chi connectivity index (χ1v) is 11.5. The molecule has 0 bridgehead atoms. The maximum atomic E-state index is 4.51. The fourth-order valence-electron chi connectivity index (χ4n) is 1.74. The summed E-state index contributed by atoms with van der Waals surface area (Å²) < 4.78 is 2.78. The van der Waals surface area contributed by atoms with E-state index in [2.05, 4.69) is 59.0 Å². The zero-order valence-corrected chi connectivity index (χ0v) is 11.2. The SMILES string of the molecule is [CH3][Ge]([CH3])([c]1ccccc1)[c]1ccccn1. The van der Waals surface area contributed by atoms with Gasteiger partial charge in [0.15, 0.2) is 0 Å². The van der Waals surface area contributed by atoms with Crippen molar-refractivity contribution in [3.8, 4) is 0 Å². The van der Waals surface area contributed by atoms with E-state index in [1.165, 1.54) is 8.92 Å². The van der Waals surface area contributed by atoms with Crippen LogP contribution in [0, 0.1) is 0 Å². The Kier molecular flexibility index (Phi) is 2.91. The predicted octanol–water partition coefficient (Wildman–Crippen LogP) is 1.90. The quantitative estimate of drug-likeness (QED) is 0.749. The third-order valence-corrected chi connectivity index (χ3v) is 9.84. The molecule has 0 radical (unpaired) electrons. The second-order valence-corrected chi connectivity index (χ2v) is 13.3. The standard InChI is InChI=1S/C13H15GeN/c1-14(2,12-8-4-3-5-9-12)13-10-6-7-11-15-13/h3-11H,1-2H3. The molecular weight excluding hydrogens is 243 g/mol. The van der Waals surface area contributed by atoms with E-state index in [9.17, 15) is 0 Å². The van der Waals surface area contributed by atoms with Gasteiger partial charge in [0.1, 0.15) is 0 Å². The zero-order chi connectivity index (χ0) is 10.7. The summed E-state index contributed by atoms with van der Waals surface area (Å²) in [5, 5.41) is 0. The molecule has 2 aromatic rings. The number of benzene rings is 1. The van der Waals surface area contributed by atoms with Crippen LogP contribution in [0.1, 0.15) is 0 Å². The Morgan fingerprint density at radius 2 is 1.53 bits per heavy atom. The first-order chi connectivity index (χ1) is 7.21. The molecule has 0 saturated carbocycles. The van der Waals surface area contributed by atoms with E-state index in [0.29, 0.717) is 0 Å². The van der Waals surface area contributed by atoms with Gasteiger partial charge in [0.05, 0.1) is 0 Å². The van der Waals surface area contributed by atoms with Crippen molar-refractivity contribution in [3.63, 3.8) is 0 Å². The van der Waals surface area contributed by atoms with Gasteiger partial charge in [0.25, 0.3) is 0 Å². The first kappa shape index (κ1) is 10.4. The van der Waals surface area contributed by atoms with Gasteiger partial charge < -0.3 is 0 Å². The van der Waals surface area contributed by atoms with Crippen LogP contribution in [0.25, 0.3) is 0 Å². The van der Waals surface area contributed by atoms with Crippen molar-refractivity contribution in [1.82, 2.24) is 4.98 Å². The third-order valence-electron chi connectivity index (χ3n) is 2.80. The maximum absolute atomic E-state index is 4.51. The fourth-order valence-corrected chi connectivity index (χ4v) is 6.42. The van der Waals surface area contributed by atoms with Gasteiger partial charge in [-0.15, -0.1) is 0 Å². The minimum absolute atomic E-state index is 1.30. The van der Waals surface area contributed by atoms with Crippen molar-refractivity contribution in [2.24, 2.45) is 0 Å². The molecule has 0 saturated heterocycles. The molecular formula is C13H15GeN. The minimum atomic E-state index is -2.11. The molecule has 0 fully saturated rings. The van der Waals surface area contributed by atoms with E-state index >= 15 is 0 Å². The zero-order valence-electron chi connectivity index (χ0n) is 9.14. The normalized spacial score (nSPS) is 11.3. The van der Waals surface area contributed by atoms with Crippen molar-refractivity contribution >= 4 is 22.2 Å². The molecule has 1 nitrogen and oxygen atoms in total. The van der Waals surface area contributed by atoms with Crippen LogP contribution in [0.3, 0.4) is 0 Å². The van der Waals surface area contributed by atoms with E-state index in [1.54, 1.807) is 0 Å². The van der Waals surface area contributed by atoms with Crippen LogP contribution >= 0.6 is 0 Å². The monoisotopic (exact) mass is 259 g/mol. The number of pyridine rings is 1. The molecule has 0 N–H and O–H groups in total. The molecule has 0 spiro atoms. The first-order valence-electron chi connectivity index (χ1n) is 5.18. The summed E-state index contributed by atoms with van der Waals surface area (Å²) in [6.45, 7) is 0. The van der Waals surface area contributed by atoms with E-state index in [4.69, 9.17) is 0 Å². The van der Waals surface area contributed by atoms with Gasteiger partial charge in [-0.2, -0.15) is 0 Å². The summed E-state index contributed by atoms with van der Waals surface area (Å²) in [6, 6.07) is 17.0. The Balaban J connectivity index is 2.44. The topological polar surface area (TPSA) is 12.9 Å². The molecule has 0 unspecified atom stereocenters. The van der Waals surface area contributed by atoms with Crippen LogP contribution in [0.15, 0.2) is 54.7 Å². The van der Waals surface area contributed by atoms with Crippen molar-refractivity contribution in [1.29, 1.82) is 0 Å². The van der Waals surface area contributed by atoms with Gasteiger partial charge in [-0.05, 0) is 0 Å². The second-order valence-electron chi connectivity index (χ2n) is 4.21. The van der Waals surface area contributed by atoms with Gasteiger partial charge in [-0.25, -0.2) is 0 Å². The van der Waals surface area contributed by atoms with E-state index in [1.807, 2.05) is 12.3 Å². The van der Waals surface area contributed by atoms with Gasteiger partial charge in [0.2, 0.25) is 0 Å². The summed E-state index contributed by atoms with van der Waals surface area (Å²) >= 11 is -2.11. The number of hydrogen-bond donors (Lipinski definition) is 0. The van der Waals surface area contributed by atoms with E-state index < -0.39 is 13.3 Å². The summed E-state index contributed by atoms with van der Waals surface area (Å²) in [5.41, 5.74) is 0. The van der Waals surface area contributed by atoms with Crippen LogP contribution in [0.4, 0.5) is 0 Å². The molecule has 1 aromatic carbocycles. The molecule has 15 heavy (non-hydrogen) atoms. The molecule has 2 rings (SSSR count). The molecule has 1 heterocycles. The number of hydrogen-bond acceptors (Lipinski definition) is 1. The summed E-state index contributed by atoms with van der Waals surface area (Å²) in [4.78, 5) is 4.51. The Morgan fingerprint density at radius 1 is 0.867 bits per heavy atom. The predicted molar refractivity (Wildman–Crippen MR) is 67.4 cm³/mol. The van der Waals surface area contributed by atoms with Crippen molar-refractivity contribution in [3.05, 3.63) is 54.7 Å². The average molecular weight is 258 g/mol. The Labute approximate surface area is 93.5 Å². The van der Waals surface area contributed by atoms with Crippen LogP contribution in [0.2, 0.25) is 11.5 Å². The van der Waals surface area contributed by atoms with Gasteiger partial charge >= 0.3 is 93.4 Å². The molecule has 2 heteroatoms. The molecule has 0 aliphatic heterocycles. The van der Waals surface area contributed by atoms with Crippen LogP contribution in [-0.2, 0) is 0 Å². The Bertz CT molecular complexity index is 381. The number of rotatable bonds is 2. The van der Waals surface area contributed by atoms with E-state index in [0.717, 1.165) is 0 Å².